The first-order valence-electron chi connectivity index (χ1n) is 8.42. The Morgan fingerprint density at radius 2 is 1.76 bits per heavy atom. The number of aromatic nitrogens is 1. The van der Waals surface area contributed by atoms with Crippen LogP contribution < -0.4 is 15.0 Å². The van der Waals surface area contributed by atoms with Gasteiger partial charge in [0.05, 0.1) is 17.2 Å². The molecule has 29 heavy (non-hydrogen) atoms. The number of rotatable bonds is 5. The summed E-state index contributed by atoms with van der Waals surface area (Å²) in [5.74, 6) is 0.893. The van der Waals surface area contributed by atoms with Crippen LogP contribution in [0.5, 0.6) is 11.5 Å². The van der Waals surface area contributed by atoms with Gasteiger partial charge in [-0.3, -0.25) is 4.79 Å². The Balaban J connectivity index is 1.95. The fourth-order valence-electron chi connectivity index (χ4n) is 2.84. The molecule has 0 atom stereocenters. The van der Waals surface area contributed by atoms with Crippen LogP contribution in [0.2, 0.25) is 15.1 Å². The van der Waals surface area contributed by atoms with Gasteiger partial charge in [0.25, 0.3) is 5.56 Å². The molecule has 0 aliphatic carbocycles. The van der Waals surface area contributed by atoms with Crippen LogP contribution in [0.4, 0.5) is 0 Å². The van der Waals surface area contributed by atoms with Gasteiger partial charge in [-0.15, -0.1) is 0 Å². The quantitative estimate of drug-likeness (QED) is 0.536. The number of halogens is 3. The predicted octanol–water partition coefficient (Wildman–Crippen LogP) is 5.77. The van der Waals surface area contributed by atoms with E-state index in [-0.39, 0.29) is 12.2 Å². The van der Waals surface area contributed by atoms with E-state index >= 15 is 0 Å². The average molecular weight is 450 g/mol. The van der Waals surface area contributed by atoms with Crippen molar-refractivity contribution in [3.63, 3.8) is 0 Å². The Bertz CT molecular complexity index is 1160. The molecule has 0 bridgehead atoms. The molecule has 1 N–H and O–H groups in total. The van der Waals surface area contributed by atoms with Crippen molar-refractivity contribution >= 4 is 34.8 Å². The Kier molecular flexibility index (Phi) is 6.39. The third-order valence-electron chi connectivity index (χ3n) is 4.23. The molecule has 0 saturated carbocycles. The molecular formula is C21H15Cl3N2O3. The number of hydrogen-bond donors (Lipinski definition) is 1. The van der Waals surface area contributed by atoms with Crippen molar-refractivity contribution in [2.24, 2.45) is 0 Å². The van der Waals surface area contributed by atoms with Gasteiger partial charge in [0.2, 0.25) is 0 Å². The average Bonchev–Trinajstić information content (AvgIpc) is 2.66. The molecule has 0 spiro atoms. The van der Waals surface area contributed by atoms with Gasteiger partial charge in [0, 0.05) is 21.8 Å². The first-order chi connectivity index (χ1) is 13.8. The number of H-pyrrole nitrogens is 1. The van der Waals surface area contributed by atoms with Crippen LogP contribution in [0.15, 0.2) is 41.2 Å². The molecule has 0 fully saturated rings. The second kappa shape index (κ2) is 8.79. The van der Waals surface area contributed by atoms with Gasteiger partial charge in [-0.05, 0) is 42.8 Å². The molecule has 3 rings (SSSR count). The maximum atomic E-state index is 12.1. The minimum atomic E-state index is -0.436. The Labute approximate surface area is 182 Å². The molecule has 1 aromatic heterocycles. The van der Waals surface area contributed by atoms with E-state index in [4.69, 9.17) is 44.3 Å². The maximum absolute atomic E-state index is 12.1. The van der Waals surface area contributed by atoms with Gasteiger partial charge in [0.1, 0.15) is 18.2 Å². The molecule has 2 aromatic carbocycles. The molecule has 0 aliphatic rings. The van der Waals surface area contributed by atoms with Crippen LogP contribution in [0.3, 0.4) is 0 Å². The van der Waals surface area contributed by atoms with Crippen LogP contribution in [-0.2, 0) is 6.61 Å². The number of hydrogen-bond acceptors (Lipinski definition) is 4. The summed E-state index contributed by atoms with van der Waals surface area (Å²) in [5, 5.41) is 10.6. The largest absolute Gasteiger partial charge is 0.493 e. The lowest BCUT2D eigenvalue weighted by Crippen LogP contribution is -2.12. The molecule has 0 radical (unpaired) electrons. The third kappa shape index (κ3) is 4.51. The molecule has 0 aliphatic heterocycles. The number of aromatic amines is 1. The Hall–Kier alpha value is -2.65. The SMILES string of the molecule is COc1cc(-c2cc(C)[nH]c(=O)c2C#N)ccc1OCc1c(Cl)cc(Cl)cc1Cl. The highest BCUT2D eigenvalue weighted by Gasteiger charge is 2.15. The van der Waals surface area contributed by atoms with Crippen LogP contribution >= 0.6 is 34.8 Å². The maximum Gasteiger partial charge on any atom is 0.266 e. The Morgan fingerprint density at radius 1 is 1.07 bits per heavy atom. The summed E-state index contributed by atoms with van der Waals surface area (Å²) in [6.45, 7) is 1.86. The summed E-state index contributed by atoms with van der Waals surface area (Å²) >= 11 is 18.3. The molecule has 148 valence electrons. The van der Waals surface area contributed by atoms with E-state index < -0.39 is 5.56 Å². The minimum Gasteiger partial charge on any atom is -0.493 e. The molecule has 0 saturated heterocycles. The molecule has 0 unspecified atom stereocenters. The highest BCUT2D eigenvalue weighted by Crippen LogP contribution is 2.35. The fraction of sp³-hybridized carbons (Fsp3) is 0.143. The first-order valence-corrected chi connectivity index (χ1v) is 9.56. The number of methoxy groups -OCH3 is 1. The monoisotopic (exact) mass is 448 g/mol. The lowest BCUT2D eigenvalue weighted by atomic mass is 10.0. The molecule has 5 nitrogen and oxygen atoms in total. The van der Waals surface area contributed by atoms with Crippen molar-refractivity contribution < 1.29 is 9.47 Å². The summed E-state index contributed by atoms with van der Waals surface area (Å²) < 4.78 is 11.3. The van der Waals surface area contributed by atoms with Crippen molar-refractivity contribution in [3.05, 3.63) is 78.6 Å². The third-order valence-corrected chi connectivity index (χ3v) is 5.12. The molecule has 3 aromatic rings. The van der Waals surface area contributed by atoms with Crippen LogP contribution in [0, 0.1) is 18.3 Å². The number of benzene rings is 2. The van der Waals surface area contributed by atoms with E-state index in [1.165, 1.54) is 7.11 Å². The van der Waals surface area contributed by atoms with Crippen molar-refractivity contribution in [2.75, 3.05) is 7.11 Å². The van der Waals surface area contributed by atoms with Crippen LogP contribution in [0.1, 0.15) is 16.8 Å². The molecule has 0 amide bonds. The van der Waals surface area contributed by atoms with Crippen LogP contribution in [-0.4, -0.2) is 12.1 Å². The van der Waals surface area contributed by atoms with Crippen molar-refractivity contribution in [3.8, 4) is 28.7 Å². The second-order valence-electron chi connectivity index (χ2n) is 6.18. The summed E-state index contributed by atoms with van der Waals surface area (Å²) in [5.41, 5.74) is 2.01. The number of nitrogens with one attached hydrogen (secondary N) is 1. The van der Waals surface area contributed by atoms with Gasteiger partial charge in [0.15, 0.2) is 11.5 Å². The van der Waals surface area contributed by atoms with Gasteiger partial charge in [-0.25, -0.2) is 0 Å². The minimum absolute atomic E-state index is 0.0334. The zero-order valence-electron chi connectivity index (χ0n) is 15.5. The molecular weight excluding hydrogens is 435 g/mol. The lowest BCUT2D eigenvalue weighted by molar-refractivity contribution is 0.285. The fourth-order valence-corrected chi connectivity index (χ4v) is 3.77. The predicted molar refractivity (Wildman–Crippen MR) is 114 cm³/mol. The normalized spacial score (nSPS) is 10.5. The number of aryl methyl sites for hydroxylation is 1. The van der Waals surface area contributed by atoms with Crippen molar-refractivity contribution in [1.29, 1.82) is 5.26 Å². The molecule has 8 heteroatoms. The van der Waals surface area contributed by atoms with E-state index in [0.29, 0.717) is 49.0 Å². The summed E-state index contributed by atoms with van der Waals surface area (Å²) in [7, 11) is 1.50. The van der Waals surface area contributed by atoms with Crippen molar-refractivity contribution in [1.82, 2.24) is 4.98 Å². The van der Waals surface area contributed by atoms with Gasteiger partial charge in [-0.1, -0.05) is 40.9 Å². The van der Waals surface area contributed by atoms with E-state index in [1.807, 2.05) is 6.07 Å². The Morgan fingerprint density at radius 3 is 2.38 bits per heavy atom. The number of pyridine rings is 1. The number of nitriles is 1. The lowest BCUT2D eigenvalue weighted by Gasteiger charge is -2.14. The zero-order valence-corrected chi connectivity index (χ0v) is 17.7. The molecule has 1 heterocycles. The van der Waals surface area contributed by atoms with Gasteiger partial charge < -0.3 is 14.5 Å². The summed E-state index contributed by atoms with van der Waals surface area (Å²) in [6.07, 6.45) is 0. The first kappa shape index (κ1) is 21.1. The highest BCUT2D eigenvalue weighted by atomic mass is 35.5. The van der Waals surface area contributed by atoms with E-state index in [0.717, 1.165) is 0 Å². The summed E-state index contributed by atoms with van der Waals surface area (Å²) in [6, 6.07) is 12.0. The van der Waals surface area contributed by atoms with Gasteiger partial charge >= 0.3 is 0 Å². The van der Waals surface area contributed by atoms with E-state index in [2.05, 4.69) is 4.98 Å². The van der Waals surface area contributed by atoms with Crippen LogP contribution in [0.25, 0.3) is 11.1 Å². The number of nitrogens with zero attached hydrogens (tertiary/aromatic N) is 1. The topological polar surface area (TPSA) is 75.1 Å². The number of ether oxygens (including phenoxy) is 2. The van der Waals surface area contributed by atoms with E-state index in [1.54, 1.807) is 43.3 Å². The second-order valence-corrected chi connectivity index (χ2v) is 7.44. The van der Waals surface area contributed by atoms with Crippen molar-refractivity contribution in [2.45, 2.75) is 13.5 Å². The standard InChI is InChI=1S/C21H15Cl3N2O3/c1-11-5-14(15(9-25)21(27)26-11)12-3-4-19(20(6-12)28-2)29-10-16-17(23)7-13(22)8-18(16)24/h3-8H,10H2,1-2H3,(H,26,27). The zero-order chi connectivity index (χ0) is 21.1. The van der Waals surface area contributed by atoms with Gasteiger partial charge in [-0.2, -0.15) is 5.26 Å². The smallest absolute Gasteiger partial charge is 0.266 e. The highest BCUT2D eigenvalue weighted by molar-refractivity contribution is 6.39. The summed E-state index contributed by atoms with van der Waals surface area (Å²) in [4.78, 5) is 14.7. The van der Waals surface area contributed by atoms with E-state index in [9.17, 15) is 10.1 Å².